The summed E-state index contributed by atoms with van der Waals surface area (Å²) in [6, 6.07) is 24.2. The zero-order chi connectivity index (χ0) is 35.4. The summed E-state index contributed by atoms with van der Waals surface area (Å²) in [7, 11) is 0. The Labute approximate surface area is 297 Å². The van der Waals surface area contributed by atoms with Crippen LogP contribution in [-0.4, -0.2) is 71.9 Å². The van der Waals surface area contributed by atoms with Gasteiger partial charge in [0.15, 0.2) is 5.82 Å². The molecule has 1 atom stereocenters. The second kappa shape index (κ2) is 12.4. The molecule has 5 aromatic rings. The summed E-state index contributed by atoms with van der Waals surface area (Å²) in [5, 5.41) is 21.6. The summed E-state index contributed by atoms with van der Waals surface area (Å²) >= 11 is 0. The molecule has 2 aliphatic heterocycles. The molecule has 4 heterocycles. The Balaban J connectivity index is 0.775. The number of anilines is 1. The third-order valence-corrected chi connectivity index (χ3v) is 10.3. The average Bonchev–Trinajstić information content (AvgIpc) is 3.68. The number of hydrogen-bond donors (Lipinski definition) is 2. The summed E-state index contributed by atoms with van der Waals surface area (Å²) in [5.74, 6) is 0.376. The maximum Gasteiger partial charge on any atom is 0.262 e. The fourth-order valence-electron chi connectivity index (χ4n) is 7.27. The van der Waals surface area contributed by atoms with E-state index in [-0.39, 0.29) is 41.5 Å². The standard InChI is InChI=1S/C38H32N8O6/c47-33-13-11-31(35(48)41-33)46-36(49)29-10-5-24(21-30(29)37(46)50)40-25-19-28(20-25)51-26-6-1-22(2-7-26)38(15-16-38)23-3-8-27(9-4-23)52-34-14-12-32(42-43-34)45-18-17-39-44-45/h1-10,12,14,17-18,21,25,28,31,40H,11,13,15-16,19-20H2,(H,41,47,48). The van der Waals surface area contributed by atoms with Crippen molar-refractivity contribution in [3.8, 4) is 23.2 Å². The molecule has 0 spiro atoms. The molecule has 14 heteroatoms. The molecule has 14 nitrogen and oxygen atoms in total. The van der Waals surface area contributed by atoms with Crippen molar-refractivity contribution < 1.29 is 28.7 Å². The Kier molecular flexibility index (Phi) is 7.52. The van der Waals surface area contributed by atoms with Gasteiger partial charge in [-0.25, -0.2) is 4.68 Å². The van der Waals surface area contributed by atoms with Gasteiger partial charge in [-0.3, -0.25) is 29.4 Å². The molecule has 2 aliphatic carbocycles. The number of nitrogens with zero attached hydrogens (tertiary/aromatic N) is 6. The van der Waals surface area contributed by atoms with Crippen LogP contribution in [0.15, 0.2) is 91.3 Å². The van der Waals surface area contributed by atoms with Crippen molar-refractivity contribution in [1.29, 1.82) is 0 Å². The lowest BCUT2D eigenvalue weighted by atomic mass is 9.87. The number of benzene rings is 3. The lowest BCUT2D eigenvalue weighted by molar-refractivity contribution is -0.136. The van der Waals surface area contributed by atoms with Crippen LogP contribution >= 0.6 is 0 Å². The molecule has 2 N–H and O–H groups in total. The van der Waals surface area contributed by atoms with E-state index in [4.69, 9.17) is 9.47 Å². The van der Waals surface area contributed by atoms with E-state index in [2.05, 4.69) is 55.4 Å². The lowest BCUT2D eigenvalue weighted by Gasteiger charge is -2.36. The minimum atomic E-state index is -0.985. The minimum Gasteiger partial charge on any atom is -0.490 e. The summed E-state index contributed by atoms with van der Waals surface area (Å²) in [5.41, 5.74) is 3.69. The average molecular weight is 697 g/mol. The Hall–Kier alpha value is -6.44. The minimum absolute atomic E-state index is 0.0252. The molecule has 4 amide bonds. The molecule has 0 radical (unpaired) electrons. The number of aromatic nitrogens is 5. The number of carbonyl (C=O) groups is 4. The van der Waals surface area contributed by atoms with Gasteiger partial charge in [0.05, 0.1) is 23.5 Å². The summed E-state index contributed by atoms with van der Waals surface area (Å²) in [6.07, 6.45) is 7.22. The number of nitrogens with one attached hydrogen (secondary N) is 2. The summed E-state index contributed by atoms with van der Waals surface area (Å²) in [6.45, 7) is 0. The molecule has 3 fully saturated rings. The van der Waals surface area contributed by atoms with E-state index in [1.54, 1.807) is 42.7 Å². The van der Waals surface area contributed by atoms with E-state index in [0.717, 1.165) is 42.0 Å². The first-order valence-corrected chi connectivity index (χ1v) is 17.2. The van der Waals surface area contributed by atoms with Crippen molar-refractivity contribution in [3.05, 3.63) is 114 Å². The predicted molar refractivity (Wildman–Crippen MR) is 184 cm³/mol. The fraction of sp³-hybridized carbons (Fsp3) is 0.263. The molecule has 0 bridgehead atoms. The van der Waals surface area contributed by atoms with Gasteiger partial charge in [-0.1, -0.05) is 29.5 Å². The first-order chi connectivity index (χ1) is 25.3. The number of imide groups is 2. The number of hydrogen-bond acceptors (Lipinski definition) is 11. The Morgan fingerprint density at radius 1 is 0.808 bits per heavy atom. The van der Waals surface area contributed by atoms with Crippen molar-refractivity contribution >= 4 is 29.3 Å². The number of amides is 4. The fourth-order valence-corrected chi connectivity index (χ4v) is 7.27. The van der Waals surface area contributed by atoms with Crippen molar-refractivity contribution in [2.24, 2.45) is 0 Å². The molecular formula is C38H32N8O6. The SMILES string of the molecule is O=C1CCC(N2C(=O)c3ccc(NC4CC(Oc5ccc(C6(c7ccc(Oc8ccc(-n9ccnn9)nn8)cc7)CC6)cc5)C4)cc3C2=O)C(=O)N1. The molecule has 1 saturated heterocycles. The number of fused-ring (bicyclic) bond motifs is 1. The number of rotatable bonds is 10. The maximum absolute atomic E-state index is 13.2. The molecule has 2 aromatic heterocycles. The number of piperidine rings is 1. The van der Waals surface area contributed by atoms with Crippen LogP contribution in [0.2, 0.25) is 0 Å². The van der Waals surface area contributed by atoms with Gasteiger partial charge < -0.3 is 14.8 Å². The van der Waals surface area contributed by atoms with Crippen molar-refractivity contribution in [1.82, 2.24) is 35.4 Å². The summed E-state index contributed by atoms with van der Waals surface area (Å²) < 4.78 is 13.7. The highest BCUT2D eigenvalue weighted by Crippen LogP contribution is 2.54. The van der Waals surface area contributed by atoms with Gasteiger partial charge >= 0.3 is 0 Å². The molecule has 2 saturated carbocycles. The third kappa shape index (κ3) is 5.71. The zero-order valence-electron chi connectivity index (χ0n) is 27.8. The molecule has 260 valence electrons. The largest absolute Gasteiger partial charge is 0.490 e. The Bertz CT molecular complexity index is 2200. The number of ether oxygens (including phenoxy) is 2. The lowest BCUT2D eigenvalue weighted by Crippen LogP contribution is -2.54. The van der Waals surface area contributed by atoms with Gasteiger partial charge in [-0.05, 0) is 78.9 Å². The van der Waals surface area contributed by atoms with Crippen LogP contribution < -0.4 is 20.1 Å². The van der Waals surface area contributed by atoms with E-state index in [0.29, 0.717) is 17.4 Å². The maximum atomic E-state index is 13.2. The quantitative estimate of drug-likeness (QED) is 0.199. The van der Waals surface area contributed by atoms with E-state index in [9.17, 15) is 19.2 Å². The predicted octanol–water partition coefficient (Wildman–Crippen LogP) is 4.35. The van der Waals surface area contributed by atoms with Crippen molar-refractivity contribution in [2.45, 2.75) is 62.1 Å². The van der Waals surface area contributed by atoms with Gasteiger partial charge in [-0.15, -0.1) is 15.3 Å². The topological polar surface area (TPSA) is 171 Å². The number of carbonyl (C=O) groups excluding carboxylic acids is 4. The van der Waals surface area contributed by atoms with Crippen molar-refractivity contribution in [3.63, 3.8) is 0 Å². The van der Waals surface area contributed by atoms with Crippen LogP contribution in [0.25, 0.3) is 5.82 Å². The van der Waals surface area contributed by atoms with E-state index < -0.39 is 29.7 Å². The summed E-state index contributed by atoms with van der Waals surface area (Å²) in [4.78, 5) is 51.1. The smallest absolute Gasteiger partial charge is 0.262 e. The van der Waals surface area contributed by atoms with Gasteiger partial charge in [0, 0.05) is 42.5 Å². The molecule has 1 unspecified atom stereocenters. The van der Waals surface area contributed by atoms with Gasteiger partial charge in [-0.2, -0.15) is 0 Å². The van der Waals surface area contributed by atoms with Crippen LogP contribution in [-0.2, 0) is 15.0 Å². The highest BCUT2D eigenvalue weighted by Gasteiger charge is 2.46. The normalized spacial score (nSPS) is 21.6. The van der Waals surface area contributed by atoms with E-state index in [1.807, 2.05) is 24.3 Å². The van der Waals surface area contributed by atoms with Gasteiger partial charge in [0.25, 0.3) is 11.8 Å². The Morgan fingerprint density at radius 2 is 1.54 bits per heavy atom. The van der Waals surface area contributed by atoms with E-state index >= 15 is 0 Å². The Morgan fingerprint density at radius 3 is 2.19 bits per heavy atom. The third-order valence-electron chi connectivity index (χ3n) is 10.3. The second-order valence-electron chi connectivity index (χ2n) is 13.6. The van der Waals surface area contributed by atoms with E-state index in [1.165, 1.54) is 15.8 Å². The van der Waals surface area contributed by atoms with Gasteiger partial charge in [0.2, 0.25) is 17.7 Å². The van der Waals surface area contributed by atoms with Crippen LogP contribution in [0.1, 0.15) is 70.4 Å². The van der Waals surface area contributed by atoms with Crippen molar-refractivity contribution in [2.75, 3.05) is 5.32 Å². The van der Waals surface area contributed by atoms with Crippen LogP contribution in [0.3, 0.4) is 0 Å². The molecule has 9 rings (SSSR count). The highest BCUT2D eigenvalue weighted by molar-refractivity contribution is 6.23. The van der Waals surface area contributed by atoms with Crippen LogP contribution in [0.5, 0.6) is 17.4 Å². The van der Waals surface area contributed by atoms with Gasteiger partial charge in [0.1, 0.15) is 23.6 Å². The first kappa shape index (κ1) is 31.5. The monoisotopic (exact) mass is 696 g/mol. The molecular weight excluding hydrogens is 664 g/mol. The molecule has 52 heavy (non-hydrogen) atoms. The second-order valence-corrected chi connectivity index (χ2v) is 13.6. The highest BCUT2D eigenvalue weighted by atomic mass is 16.5. The zero-order valence-corrected chi connectivity index (χ0v) is 27.8. The molecule has 4 aliphatic rings. The molecule has 3 aromatic carbocycles. The van der Waals surface area contributed by atoms with Crippen LogP contribution in [0, 0.1) is 0 Å². The first-order valence-electron chi connectivity index (χ1n) is 17.2. The van der Waals surface area contributed by atoms with Crippen LogP contribution in [0.4, 0.5) is 5.69 Å².